The number of halogens is 1. The van der Waals surface area contributed by atoms with E-state index in [9.17, 15) is 0 Å². The lowest BCUT2D eigenvalue weighted by molar-refractivity contribution is 0.304. The summed E-state index contributed by atoms with van der Waals surface area (Å²) in [5, 5.41) is 6.03. The second-order valence-electron chi connectivity index (χ2n) is 7.35. The van der Waals surface area contributed by atoms with Crippen LogP contribution in [0, 0.1) is 13.8 Å². The summed E-state index contributed by atoms with van der Waals surface area (Å²) in [6.45, 7) is 5.49. The number of anilines is 1. The lowest BCUT2D eigenvalue weighted by Crippen LogP contribution is -2.05. The number of fused-ring (bicyclic) bond motifs is 1. The van der Waals surface area contributed by atoms with Crippen LogP contribution in [0.4, 0.5) is 5.69 Å². The third-order valence-electron chi connectivity index (χ3n) is 5.14. The molecule has 4 aromatic carbocycles. The van der Waals surface area contributed by atoms with E-state index in [1.807, 2.05) is 12.1 Å². The summed E-state index contributed by atoms with van der Waals surface area (Å²) in [5.41, 5.74) is 5.99. The molecule has 0 unspecified atom stereocenters. The van der Waals surface area contributed by atoms with Gasteiger partial charge in [0, 0.05) is 22.3 Å². The van der Waals surface area contributed by atoms with Crippen LogP contribution in [0.3, 0.4) is 0 Å². The highest BCUT2D eigenvalue weighted by Crippen LogP contribution is 2.27. The summed E-state index contributed by atoms with van der Waals surface area (Å²) in [6.07, 6.45) is 0. The molecular formula is C26H24BrNO. The van der Waals surface area contributed by atoms with Crippen molar-refractivity contribution >= 4 is 32.4 Å². The zero-order valence-electron chi connectivity index (χ0n) is 16.7. The van der Waals surface area contributed by atoms with Gasteiger partial charge in [-0.25, -0.2) is 0 Å². The Morgan fingerprint density at radius 1 is 0.828 bits per heavy atom. The highest BCUT2D eigenvalue weighted by Gasteiger charge is 2.08. The van der Waals surface area contributed by atoms with Crippen LogP contribution in [0.2, 0.25) is 0 Å². The molecule has 3 heteroatoms. The molecule has 4 rings (SSSR count). The van der Waals surface area contributed by atoms with Crippen molar-refractivity contribution < 1.29 is 4.74 Å². The van der Waals surface area contributed by atoms with Crippen molar-refractivity contribution in [3.63, 3.8) is 0 Å². The maximum Gasteiger partial charge on any atom is 0.124 e. The van der Waals surface area contributed by atoms with Gasteiger partial charge in [0.05, 0.1) is 0 Å². The maximum absolute atomic E-state index is 6.26. The standard InChI is InChI=1S/C26H24BrNO/c1-18-10-12-25(19(2)14-18)28-16-22-15-23(27)11-13-26(22)29-17-21-8-5-7-20-6-3-4-9-24(20)21/h3-15,28H,16-17H2,1-2H3. The Balaban J connectivity index is 1.53. The fourth-order valence-corrected chi connectivity index (χ4v) is 4.01. The highest BCUT2D eigenvalue weighted by molar-refractivity contribution is 9.10. The van der Waals surface area contributed by atoms with E-state index in [-0.39, 0.29) is 0 Å². The summed E-state index contributed by atoms with van der Waals surface area (Å²) < 4.78 is 7.31. The second-order valence-corrected chi connectivity index (χ2v) is 8.27. The second kappa shape index (κ2) is 8.71. The minimum atomic E-state index is 0.541. The zero-order chi connectivity index (χ0) is 20.2. The molecule has 0 amide bonds. The van der Waals surface area contributed by atoms with E-state index in [1.165, 1.54) is 27.5 Å². The van der Waals surface area contributed by atoms with Gasteiger partial charge in [-0.05, 0) is 60.0 Å². The van der Waals surface area contributed by atoms with Gasteiger partial charge < -0.3 is 10.1 Å². The van der Waals surface area contributed by atoms with Crippen molar-refractivity contribution in [3.8, 4) is 5.75 Å². The Hall–Kier alpha value is -2.78. The van der Waals surface area contributed by atoms with Gasteiger partial charge >= 0.3 is 0 Å². The van der Waals surface area contributed by atoms with Crippen LogP contribution in [0.25, 0.3) is 10.8 Å². The van der Waals surface area contributed by atoms with E-state index in [4.69, 9.17) is 4.74 Å². The molecule has 0 saturated heterocycles. The summed E-state index contributed by atoms with van der Waals surface area (Å²) in [6, 6.07) is 27.4. The van der Waals surface area contributed by atoms with E-state index in [0.717, 1.165) is 21.5 Å². The number of nitrogens with one attached hydrogen (secondary N) is 1. The first-order valence-electron chi connectivity index (χ1n) is 9.79. The molecule has 0 aliphatic rings. The van der Waals surface area contributed by atoms with Gasteiger partial charge in [0.15, 0.2) is 0 Å². The molecule has 0 fully saturated rings. The van der Waals surface area contributed by atoms with Crippen LogP contribution in [0.5, 0.6) is 5.75 Å². The summed E-state index contributed by atoms with van der Waals surface area (Å²) >= 11 is 3.59. The average molecular weight is 446 g/mol. The number of aryl methyl sites for hydroxylation is 2. The third kappa shape index (κ3) is 4.63. The quantitative estimate of drug-likeness (QED) is 0.333. The fraction of sp³-hybridized carbons (Fsp3) is 0.154. The molecule has 0 spiro atoms. The Labute approximate surface area is 180 Å². The Kier molecular flexibility index (Phi) is 5.86. The van der Waals surface area contributed by atoms with Crippen LogP contribution < -0.4 is 10.1 Å². The van der Waals surface area contributed by atoms with Crippen molar-refractivity contribution in [1.82, 2.24) is 0 Å². The minimum absolute atomic E-state index is 0.541. The number of hydrogen-bond acceptors (Lipinski definition) is 2. The van der Waals surface area contributed by atoms with Crippen molar-refractivity contribution in [3.05, 3.63) is 106 Å². The lowest BCUT2D eigenvalue weighted by Gasteiger charge is -2.15. The van der Waals surface area contributed by atoms with Gasteiger partial charge in [-0.1, -0.05) is 76.1 Å². The minimum Gasteiger partial charge on any atom is -0.489 e. The SMILES string of the molecule is Cc1ccc(NCc2cc(Br)ccc2OCc2cccc3ccccc23)c(C)c1. The number of benzene rings is 4. The van der Waals surface area contributed by atoms with Crippen LogP contribution in [0.15, 0.2) is 83.3 Å². The smallest absolute Gasteiger partial charge is 0.124 e. The largest absolute Gasteiger partial charge is 0.489 e. The van der Waals surface area contributed by atoms with Crippen molar-refractivity contribution in [2.45, 2.75) is 27.0 Å². The molecule has 29 heavy (non-hydrogen) atoms. The normalized spacial score (nSPS) is 10.9. The van der Waals surface area contributed by atoms with Gasteiger partial charge in [-0.3, -0.25) is 0 Å². The van der Waals surface area contributed by atoms with E-state index >= 15 is 0 Å². The lowest BCUT2D eigenvalue weighted by atomic mass is 10.1. The van der Waals surface area contributed by atoms with Gasteiger partial charge in [0.2, 0.25) is 0 Å². The van der Waals surface area contributed by atoms with E-state index < -0.39 is 0 Å². The molecule has 1 N–H and O–H groups in total. The summed E-state index contributed by atoms with van der Waals surface area (Å²) in [4.78, 5) is 0. The number of ether oxygens (including phenoxy) is 1. The molecule has 2 nitrogen and oxygen atoms in total. The first-order valence-corrected chi connectivity index (χ1v) is 10.6. The highest BCUT2D eigenvalue weighted by atomic mass is 79.9. The Morgan fingerprint density at radius 3 is 2.52 bits per heavy atom. The van der Waals surface area contributed by atoms with Gasteiger partial charge in [0.1, 0.15) is 12.4 Å². The molecule has 0 atom stereocenters. The molecule has 0 saturated carbocycles. The first-order chi connectivity index (χ1) is 14.1. The monoisotopic (exact) mass is 445 g/mol. The van der Waals surface area contributed by atoms with Gasteiger partial charge in [-0.2, -0.15) is 0 Å². The fourth-order valence-electron chi connectivity index (χ4n) is 3.60. The molecular weight excluding hydrogens is 422 g/mol. The van der Waals surface area contributed by atoms with E-state index in [0.29, 0.717) is 13.2 Å². The predicted octanol–water partition coefficient (Wildman–Crippen LogP) is 7.41. The molecule has 0 aliphatic carbocycles. The maximum atomic E-state index is 6.26. The molecule has 146 valence electrons. The van der Waals surface area contributed by atoms with Crippen LogP contribution in [-0.2, 0) is 13.2 Å². The molecule has 4 aromatic rings. The third-order valence-corrected chi connectivity index (χ3v) is 5.63. The first kappa shape index (κ1) is 19.5. The summed E-state index contributed by atoms with van der Waals surface area (Å²) in [5.74, 6) is 0.901. The van der Waals surface area contributed by atoms with Crippen molar-refractivity contribution in [1.29, 1.82) is 0 Å². The van der Waals surface area contributed by atoms with Crippen LogP contribution >= 0.6 is 15.9 Å². The van der Waals surface area contributed by atoms with Gasteiger partial charge in [0.25, 0.3) is 0 Å². The number of hydrogen-bond donors (Lipinski definition) is 1. The van der Waals surface area contributed by atoms with Crippen molar-refractivity contribution in [2.75, 3.05) is 5.32 Å². The summed E-state index contributed by atoms with van der Waals surface area (Å²) in [7, 11) is 0. The van der Waals surface area contributed by atoms with E-state index in [2.05, 4.69) is 102 Å². The predicted molar refractivity (Wildman–Crippen MR) is 126 cm³/mol. The van der Waals surface area contributed by atoms with Crippen LogP contribution in [0.1, 0.15) is 22.3 Å². The molecule has 0 heterocycles. The Morgan fingerprint density at radius 2 is 1.66 bits per heavy atom. The Bertz CT molecular complexity index is 1150. The van der Waals surface area contributed by atoms with E-state index in [1.54, 1.807) is 0 Å². The molecule has 0 aliphatic heterocycles. The average Bonchev–Trinajstić information content (AvgIpc) is 2.72. The topological polar surface area (TPSA) is 21.3 Å². The molecule has 0 bridgehead atoms. The van der Waals surface area contributed by atoms with Crippen molar-refractivity contribution in [2.24, 2.45) is 0 Å². The molecule has 0 radical (unpaired) electrons. The molecule has 0 aromatic heterocycles. The van der Waals surface area contributed by atoms with Crippen LogP contribution in [-0.4, -0.2) is 0 Å². The zero-order valence-corrected chi connectivity index (χ0v) is 18.3. The number of rotatable bonds is 6. The van der Waals surface area contributed by atoms with Gasteiger partial charge in [-0.15, -0.1) is 0 Å².